The van der Waals surface area contributed by atoms with Gasteiger partial charge in [-0.1, -0.05) is 29.8 Å². The van der Waals surface area contributed by atoms with Crippen molar-refractivity contribution in [1.29, 1.82) is 0 Å². The number of anilines is 1. The predicted octanol–water partition coefficient (Wildman–Crippen LogP) is 4.96. The van der Waals surface area contributed by atoms with Gasteiger partial charge in [0.2, 0.25) is 11.8 Å². The van der Waals surface area contributed by atoms with E-state index in [1.54, 1.807) is 36.4 Å². The SMILES string of the molecule is O=C1C=C(Br)C(=O)C2=C1C(c1ccccc1O)C1=CCC3C(=O)N(c4ccc(I)cc4)C(=O)C3C1C2. The molecule has 1 heterocycles. The van der Waals surface area contributed by atoms with Gasteiger partial charge in [0.1, 0.15) is 5.75 Å². The van der Waals surface area contributed by atoms with Crippen LogP contribution in [-0.4, -0.2) is 28.5 Å². The second-order valence-electron chi connectivity index (χ2n) is 9.44. The maximum Gasteiger partial charge on any atom is 0.238 e. The molecule has 2 amide bonds. The van der Waals surface area contributed by atoms with Gasteiger partial charge in [-0.05, 0) is 87.6 Å². The molecule has 0 bridgehead atoms. The molecule has 2 aromatic carbocycles. The number of hydrogen-bond acceptors (Lipinski definition) is 5. The van der Waals surface area contributed by atoms with Gasteiger partial charge < -0.3 is 5.11 Å². The van der Waals surface area contributed by atoms with Crippen LogP contribution in [0.25, 0.3) is 0 Å². The van der Waals surface area contributed by atoms with Crippen molar-refractivity contribution < 1.29 is 24.3 Å². The number of hydrogen-bond donors (Lipinski definition) is 1. The fraction of sp³-hybridized carbons (Fsp3) is 0.214. The average molecular weight is 656 g/mol. The Hall–Kier alpha value is -2.85. The van der Waals surface area contributed by atoms with Crippen molar-refractivity contribution in [1.82, 2.24) is 0 Å². The highest BCUT2D eigenvalue weighted by molar-refractivity contribution is 14.1. The highest BCUT2D eigenvalue weighted by Crippen LogP contribution is 2.56. The monoisotopic (exact) mass is 655 g/mol. The Bertz CT molecular complexity index is 1470. The first kappa shape index (κ1) is 23.5. The number of carbonyl (C=O) groups is 4. The van der Waals surface area contributed by atoms with Crippen LogP contribution in [0.4, 0.5) is 5.69 Å². The van der Waals surface area contributed by atoms with Crippen LogP contribution in [0.3, 0.4) is 0 Å². The topological polar surface area (TPSA) is 91.8 Å². The van der Waals surface area contributed by atoms with Gasteiger partial charge in [0.15, 0.2) is 11.6 Å². The van der Waals surface area contributed by atoms with Crippen LogP contribution in [0.5, 0.6) is 5.75 Å². The normalized spacial score (nSPS) is 27.4. The third-order valence-electron chi connectivity index (χ3n) is 7.66. The molecule has 6 rings (SSSR count). The largest absolute Gasteiger partial charge is 0.508 e. The smallest absolute Gasteiger partial charge is 0.238 e. The van der Waals surface area contributed by atoms with Crippen LogP contribution < -0.4 is 4.90 Å². The third kappa shape index (κ3) is 3.41. The van der Waals surface area contributed by atoms with E-state index in [-0.39, 0.29) is 40.0 Å². The minimum Gasteiger partial charge on any atom is -0.508 e. The van der Waals surface area contributed by atoms with E-state index in [9.17, 15) is 24.3 Å². The van der Waals surface area contributed by atoms with Gasteiger partial charge in [0.05, 0.1) is 22.0 Å². The van der Waals surface area contributed by atoms with Gasteiger partial charge in [0.25, 0.3) is 0 Å². The maximum absolute atomic E-state index is 13.8. The molecule has 36 heavy (non-hydrogen) atoms. The molecule has 0 spiro atoms. The maximum atomic E-state index is 13.8. The summed E-state index contributed by atoms with van der Waals surface area (Å²) in [6.07, 6.45) is 3.78. The molecule has 0 radical (unpaired) electrons. The highest BCUT2D eigenvalue weighted by atomic mass is 127. The first-order valence-corrected chi connectivity index (χ1v) is 13.5. The van der Waals surface area contributed by atoms with Crippen molar-refractivity contribution in [2.24, 2.45) is 17.8 Å². The summed E-state index contributed by atoms with van der Waals surface area (Å²) in [5.41, 5.74) is 2.55. The van der Waals surface area contributed by atoms with Crippen molar-refractivity contribution in [3.05, 3.63) is 91.0 Å². The lowest BCUT2D eigenvalue weighted by molar-refractivity contribution is -0.123. The minimum atomic E-state index is -0.663. The van der Waals surface area contributed by atoms with E-state index < -0.39 is 23.7 Å². The number of Topliss-reactive ketones (excluding diaryl/α,β-unsaturated/α-hetero) is 1. The molecule has 4 atom stereocenters. The summed E-state index contributed by atoms with van der Waals surface area (Å²) in [6, 6.07) is 14.0. The van der Waals surface area contributed by atoms with E-state index in [0.717, 1.165) is 9.14 Å². The molecule has 2 aromatic rings. The number of aromatic hydroxyl groups is 1. The number of para-hydroxylation sites is 1. The molecule has 1 N–H and O–H groups in total. The Morgan fingerprint density at radius 2 is 1.67 bits per heavy atom. The molecular formula is C28H19BrINO5. The number of rotatable bonds is 2. The van der Waals surface area contributed by atoms with Crippen LogP contribution in [0.15, 0.2) is 81.9 Å². The quantitative estimate of drug-likeness (QED) is 0.214. The third-order valence-corrected chi connectivity index (χ3v) is 8.97. The summed E-state index contributed by atoms with van der Waals surface area (Å²) in [4.78, 5) is 55.0. The van der Waals surface area contributed by atoms with Crippen molar-refractivity contribution >= 4 is 67.6 Å². The Balaban J connectivity index is 1.49. The number of ketones is 2. The van der Waals surface area contributed by atoms with E-state index in [2.05, 4.69) is 38.5 Å². The molecule has 1 aliphatic heterocycles. The van der Waals surface area contributed by atoms with Crippen LogP contribution in [0.1, 0.15) is 24.3 Å². The Kier molecular flexibility index (Phi) is 5.64. The number of benzene rings is 2. The first-order chi connectivity index (χ1) is 17.3. The lowest BCUT2D eigenvalue weighted by atomic mass is 9.59. The molecule has 4 unspecified atom stereocenters. The molecule has 1 saturated heterocycles. The van der Waals surface area contributed by atoms with Crippen molar-refractivity contribution in [2.45, 2.75) is 18.8 Å². The predicted molar refractivity (Wildman–Crippen MR) is 144 cm³/mol. The zero-order valence-electron chi connectivity index (χ0n) is 18.8. The molecule has 0 aromatic heterocycles. The number of allylic oxidation sites excluding steroid dienone is 6. The van der Waals surface area contributed by atoms with E-state index in [1.807, 2.05) is 18.2 Å². The highest BCUT2D eigenvalue weighted by Gasteiger charge is 2.56. The molecule has 3 aliphatic carbocycles. The number of phenols is 1. The number of phenolic OH excluding ortho intramolecular Hbond substituents is 1. The van der Waals surface area contributed by atoms with Gasteiger partial charge in [-0.15, -0.1) is 0 Å². The Morgan fingerprint density at radius 1 is 0.944 bits per heavy atom. The second kappa shape index (κ2) is 8.62. The summed E-state index contributed by atoms with van der Waals surface area (Å²) < 4.78 is 1.17. The van der Waals surface area contributed by atoms with E-state index in [4.69, 9.17) is 0 Å². The van der Waals surface area contributed by atoms with Crippen molar-refractivity contribution in [3.63, 3.8) is 0 Å². The Morgan fingerprint density at radius 3 is 2.39 bits per heavy atom. The van der Waals surface area contributed by atoms with E-state index in [0.29, 0.717) is 28.8 Å². The number of nitrogens with zero attached hydrogens (tertiary/aromatic N) is 1. The summed E-state index contributed by atoms with van der Waals surface area (Å²) in [5.74, 6) is -3.38. The summed E-state index contributed by atoms with van der Waals surface area (Å²) in [7, 11) is 0. The zero-order chi connectivity index (χ0) is 25.3. The zero-order valence-corrected chi connectivity index (χ0v) is 22.5. The molecule has 0 saturated carbocycles. The van der Waals surface area contributed by atoms with Crippen LogP contribution in [0, 0.1) is 21.3 Å². The fourth-order valence-corrected chi connectivity index (χ4v) is 6.95. The van der Waals surface area contributed by atoms with Gasteiger partial charge in [-0.2, -0.15) is 0 Å². The van der Waals surface area contributed by atoms with Gasteiger partial charge in [0, 0.05) is 32.3 Å². The molecule has 4 aliphatic rings. The number of imide groups is 1. The van der Waals surface area contributed by atoms with Crippen LogP contribution in [0.2, 0.25) is 0 Å². The number of fused-ring (bicyclic) bond motifs is 3. The number of halogens is 2. The summed E-state index contributed by atoms with van der Waals surface area (Å²) >= 11 is 5.39. The van der Waals surface area contributed by atoms with Gasteiger partial charge in [-0.25, -0.2) is 0 Å². The van der Waals surface area contributed by atoms with Crippen molar-refractivity contribution in [3.8, 4) is 5.75 Å². The van der Waals surface area contributed by atoms with Gasteiger partial charge in [-0.3, -0.25) is 24.1 Å². The molecular weight excluding hydrogens is 637 g/mol. The second-order valence-corrected chi connectivity index (χ2v) is 11.5. The Labute approximate surface area is 229 Å². The minimum absolute atomic E-state index is 0.0150. The fourth-order valence-electron chi connectivity index (χ4n) is 6.14. The van der Waals surface area contributed by atoms with Crippen LogP contribution in [-0.2, 0) is 19.2 Å². The molecule has 6 nitrogen and oxygen atoms in total. The number of carbonyl (C=O) groups excluding carboxylic acids is 4. The van der Waals surface area contributed by atoms with Crippen LogP contribution >= 0.6 is 38.5 Å². The average Bonchev–Trinajstić information content (AvgIpc) is 3.12. The number of amides is 2. The standard InChI is InChI=1S/C28H19BrINO5/c29-20-12-22(33)25-19(26(20)34)11-18-15(23(25)16-3-1-2-4-21(16)32)9-10-17-24(18)28(36)31(27(17)35)14-7-5-13(30)6-8-14/h1-9,12,17-18,23-24,32H,10-11H2. The van der Waals surface area contributed by atoms with E-state index >= 15 is 0 Å². The lowest BCUT2D eigenvalue weighted by Gasteiger charge is -2.42. The summed E-state index contributed by atoms with van der Waals surface area (Å²) in [6.45, 7) is 0. The lowest BCUT2D eigenvalue weighted by Crippen LogP contribution is -2.39. The first-order valence-electron chi connectivity index (χ1n) is 11.6. The van der Waals surface area contributed by atoms with E-state index in [1.165, 1.54) is 11.0 Å². The van der Waals surface area contributed by atoms with Crippen molar-refractivity contribution in [2.75, 3.05) is 4.90 Å². The summed E-state index contributed by atoms with van der Waals surface area (Å²) in [5, 5.41) is 10.7. The molecule has 1 fully saturated rings. The van der Waals surface area contributed by atoms with Gasteiger partial charge >= 0.3 is 0 Å². The molecule has 8 heteroatoms. The molecule has 180 valence electrons.